The predicted octanol–water partition coefficient (Wildman–Crippen LogP) is 2.16. The van der Waals surface area contributed by atoms with Crippen LogP contribution in [0.15, 0.2) is 24.3 Å². The Bertz CT molecular complexity index is 500. The van der Waals surface area contributed by atoms with Crippen LogP contribution in [0.1, 0.15) is 11.4 Å². The molecule has 3 heteroatoms. The first kappa shape index (κ1) is 8.25. The summed E-state index contributed by atoms with van der Waals surface area (Å²) in [4.78, 5) is 4.79. The van der Waals surface area contributed by atoms with Gasteiger partial charge in [0, 0.05) is 12.0 Å². The molecule has 0 bridgehead atoms. The summed E-state index contributed by atoms with van der Waals surface area (Å²) in [5.41, 5.74) is 1.59. The first-order valence-corrected chi connectivity index (χ1v) is 6.27. The first-order chi connectivity index (χ1) is 7.38. The molecule has 1 aliphatic heterocycles. The minimum absolute atomic E-state index is 0.420. The van der Waals surface area contributed by atoms with Crippen molar-refractivity contribution in [2.75, 3.05) is 13.1 Å². The molecule has 15 heavy (non-hydrogen) atoms. The standard InChI is InChI=1S/C12H12N2S/c1-2-4-10-9(3-1)14-11(15-10)12-5-8(12)6-13-7-12/h1-4,8,13H,5-7H2/t8-,12+/m1/s1. The van der Waals surface area contributed by atoms with Gasteiger partial charge in [-0.1, -0.05) is 12.1 Å². The smallest absolute Gasteiger partial charge is 0.102 e. The average Bonchev–Trinajstić information content (AvgIpc) is 2.68. The van der Waals surface area contributed by atoms with Crippen LogP contribution in [0.4, 0.5) is 0 Å². The van der Waals surface area contributed by atoms with Crippen LogP contribution in [-0.2, 0) is 5.41 Å². The number of para-hydroxylation sites is 1. The van der Waals surface area contributed by atoms with Gasteiger partial charge in [-0.15, -0.1) is 11.3 Å². The van der Waals surface area contributed by atoms with Crippen molar-refractivity contribution < 1.29 is 0 Å². The fraction of sp³-hybridized carbons (Fsp3) is 0.417. The van der Waals surface area contributed by atoms with E-state index in [4.69, 9.17) is 4.98 Å². The highest BCUT2D eigenvalue weighted by Crippen LogP contribution is 2.57. The van der Waals surface area contributed by atoms with E-state index in [9.17, 15) is 0 Å². The molecule has 0 radical (unpaired) electrons. The van der Waals surface area contributed by atoms with Gasteiger partial charge in [-0.05, 0) is 31.0 Å². The number of hydrogen-bond acceptors (Lipinski definition) is 3. The summed E-state index contributed by atoms with van der Waals surface area (Å²) in [7, 11) is 0. The lowest BCUT2D eigenvalue weighted by Gasteiger charge is -2.05. The molecule has 2 nitrogen and oxygen atoms in total. The van der Waals surface area contributed by atoms with E-state index in [-0.39, 0.29) is 0 Å². The van der Waals surface area contributed by atoms with Crippen molar-refractivity contribution in [3.8, 4) is 0 Å². The van der Waals surface area contributed by atoms with Crippen molar-refractivity contribution in [1.82, 2.24) is 10.3 Å². The topological polar surface area (TPSA) is 24.9 Å². The molecule has 2 atom stereocenters. The average molecular weight is 216 g/mol. The van der Waals surface area contributed by atoms with Crippen LogP contribution in [0.3, 0.4) is 0 Å². The Morgan fingerprint density at radius 2 is 2.33 bits per heavy atom. The molecule has 0 unspecified atom stereocenters. The summed E-state index contributed by atoms with van der Waals surface area (Å²) in [5.74, 6) is 0.859. The van der Waals surface area contributed by atoms with E-state index in [2.05, 4.69) is 29.6 Å². The van der Waals surface area contributed by atoms with E-state index in [1.54, 1.807) is 0 Å². The second kappa shape index (κ2) is 2.60. The number of hydrogen-bond donors (Lipinski definition) is 1. The van der Waals surface area contributed by atoms with Crippen LogP contribution in [0.25, 0.3) is 10.2 Å². The molecule has 1 saturated heterocycles. The molecule has 1 saturated carbocycles. The summed E-state index contributed by atoms with van der Waals surface area (Å²) in [6.45, 7) is 2.33. The zero-order valence-electron chi connectivity index (χ0n) is 8.36. The van der Waals surface area contributed by atoms with Crippen LogP contribution in [0.2, 0.25) is 0 Å². The molecule has 2 aromatic rings. The molecule has 1 aromatic carbocycles. The minimum atomic E-state index is 0.420. The number of rotatable bonds is 1. The predicted molar refractivity (Wildman–Crippen MR) is 62.3 cm³/mol. The lowest BCUT2D eigenvalue weighted by Crippen LogP contribution is -2.18. The fourth-order valence-corrected chi connectivity index (χ4v) is 4.00. The van der Waals surface area contributed by atoms with E-state index in [0.717, 1.165) is 12.5 Å². The third kappa shape index (κ3) is 0.998. The Labute approximate surface area is 92.3 Å². The Morgan fingerprint density at radius 1 is 1.40 bits per heavy atom. The van der Waals surface area contributed by atoms with Crippen LogP contribution in [0.5, 0.6) is 0 Å². The van der Waals surface area contributed by atoms with Gasteiger partial charge in [-0.25, -0.2) is 4.98 Å². The van der Waals surface area contributed by atoms with Crippen LogP contribution in [-0.4, -0.2) is 18.1 Å². The zero-order valence-corrected chi connectivity index (χ0v) is 9.18. The van der Waals surface area contributed by atoms with Gasteiger partial charge in [0.15, 0.2) is 0 Å². The van der Waals surface area contributed by atoms with Gasteiger partial charge in [0.2, 0.25) is 0 Å². The molecule has 2 fully saturated rings. The fourth-order valence-electron chi connectivity index (χ4n) is 2.76. The highest BCUT2D eigenvalue weighted by Gasteiger charge is 2.60. The number of nitrogens with zero attached hydrogens (tertiary/aromatic N) is 1. The van der Waals surface area contributed by atoms with E-state index in [1.165, 1.54) is 28.2 Å². The maximum Gasteiger partial charge on any atom is 0.102 e. The highest BCUT2D eigenvalue weighted by molar-refractivity contribution is 7.18. The van der Waals surface area contributed by atoms with Crippen LogP contribution < -0.4 is 5.32 Å². The molecular weight excluding hydrogens is 204 g/mol. The Balaban J connectivity index is 1.89. The Hall–Kier alpha value is -0.930. The molecule has 2 heterocycles. The van der Waals surface area contributed by atoms with Crippen molar-refractivity contribution in [3.05, 3.63) is 29.3 Å². The van der Waals surface area contributed by atoms with E-state index in [1.807, 2.05) is 11.3 Å². The molecule has 1 aliphatic carbocycles. The number of fused-ring (bicyclic) bond motifs is 2. The van der Waals surface area contributed by atoms with Gasteiger partial charge >= 0.3 is 0 Å². The molecule has 1 aromatic heterocycles. The largest absolute Gasteiger partial charge is 0.315 e. The molecule has 4 rings (SSSR count). The number of aromatic nitrogens is 1. The highest BCUT2D eigenvalue weighted by atomic mass is 32.1. The van der Waals surface area contributed by atoms with Crippen LogP contribution >= 0.6 is 11.3 Å². The van der Waals surface area contributed by atoms with E-state index < -0.39 is 0 Å². The molecule has 1 N–H and O–H groups in total. The molecule has 0 spiro atoms. The third-order valence-electron chi connectivity index (χ3n) is 3.78. The van der Waals surface area contributed by atoms with Crippen LogP contribution in [0, 0.1) is 5.92 Å². The van der Waals surface area contributed by atoms with Crippen molar-refractivity contribution in [2.24, 2.45) is 5.92 Å². The second-order valence-electron chi connectivity index (χ2n) is 4.67. The maximum atomic E-state index is 4.79. The Morgan fingerprint density at radius 3 is 3.07 bits per heavy atom. The van der Waals surface area contributed by atoms with Gasteiger partial charge < -0.3 is 5.32 Å². The minimum Gasteiger partial charge on any atom is -0.315 e. The zero-order chi connectivity index (χ0) is 9.88. The van der Waals surface area contributed by atoms with Crippen molar-refractivity contribution in [3.63, 3.8) is 0 Å². The van der Waals surface area contributed by atoms with Gasteiger partial charge in [-0.3, -0.25) is 0 Å². The van der Waals surface area contributed by atoms with Gasteiger partial charge in [0.05, 0.1) is 10.2 Å². The summed E-state index contributed by atoms with van der Waals surface area (Å²) in [6.07, 6.45) is 1.35. The summed E-state index contributed by atoms with van der Waals surface area (Å²) >= 11 is 1.88. The number of piperidine rings is 1. The lowest BCUT2D eigenvalue weighted by molar-refractivity contribution is 0.672. The van der Waals surface area contributed by atoms with E-state index in [0.29, 0.717) is 5.41 Å². The van der Waals surface area contributed by atoms with Crippen molar-refractivity contribution in [1.29, 1.82) is 0 Å². The first-order valence-electron chi connectivity index (χ1n) is 5.45. The monoisotopic (exact) mass is 216 g/mol. The SMILES string of the molecule is c1ccc2sc([C@@]34CNC[C@H]3C4)nc2c1. The van der Waals surface area contributed by atoms with Gasteiger partial charge in [0.25, 0.3) is 0 Å². The molecule has 2 aliphatic rings. The van der Waals surface area contributed by atoms with Crippen molar-refractivity contribution in [2.45, 2.75) is 11.8 Å². The second-order valence-corrected chi connectivity index (χ2v) is 5.71. The van der Waals surface area contributed by atoms with Gasteiger partial charge in [-0.2, -0.15) is 0 Å². The quantitative estimate of drug-likeness (QED) is 0.790. The third-order valence-corrected chi connectivity index (χ3v) is 5.04. The summed E-state index contributed by atoms with van der Waals surface area (Å²) in [5, 5.41) is 4.83. The van der Waals surface area contributed by atoms with E-state index >= 15 is 0 Å². The molecule has 0 amide bonds. The number of thiazole rings is 1. The van der Waals surface area contributed by atoms with Gasteiger partial charge in [0.1, 0.15) is 5.01 Å². The molecule has 76 valence electrons. The molecular formula is C12H12N2S. The number of nitrogens with one attached hydrogen (secondary N) is 1. The Kier molecular flexibility index (Phi) is 1.43. The van der Waals surface area contributed by atoms with Crippen molar-refractivity contribution >= 4 is 21.6 Å². The summed E-state index contributed by atoms with van der Waals surface area (Å²) < 4.78 is 1.33. The summed E-state index contributed by atoms with van der Waals surface area (Å²) in [6, 6.07) is 8.46. The number of benzene rings is 1. The normalized spacial score (nSPS) is 33.2. The lowest BCUT2D eigenvalue weighted by atomic mass is 10.1. The maximum absolute atomic E-state index is 4.79.